The lowest BCUT2D eigenvalue weighted by atomic mass is 10.0. The van der Waals surface area contributed by atoms with Gasteiger partial charge < -0.3 is 15.8 Å². The van der Waals surface area contributed by atoms with Gasteiger partial charge in [-0.25, -0.2) is 0 Å². The zero-order valence-electron chi connectivity index (χ0n) is 12.2. The summed E-state index contributed by atoms with van der Waals surface area (Å²) in [6.45, 7) is 11.4. The molecule has 1 rings (SSSR count). The van der Waals surface area contributed by atoms with Crippen LogP contribution in [0.4, 0.5) is 0 Å². The molecule has 3 N–H and O–H groups in total. The van der Waals surface area contributed by atoms with Crippen molar-refractivity contribution in [2.75, 3.05) is 39.4 Å². The molecule has 0 spiro atoms. The smallest absolute Gasteiger partial charge is 0.237 e. The van der Waals surface area contributed by atoms with E-state index >= 15 is 0 Å². The standard InChI is InChI=1S/C13H27N3O2.ClH/c1-10(2)12(14)13(17)15-8-11(3)9-16-4-6-18-7-5-16;/h10-12H,4-9,14H2,1-3H3,(H,15,17);1H/t11?,12-;/m0./s1. The van der Waals surface area contributed by atoms with Crippen molar-refractivity contribution in [3.05, 3.63) is 0 Å². The molecule has 0 aromatic carbocycles. The Morgan fingerprint density at radius 3 is 2.42 bits per heavy atom. The molecule has 1 aliphatic heterocycles. The first-order chi connectivity index (χ1) is 8.50. The minimum absolute atomic E-state index is 0. The number of hydrogen-bond acceptors (Lipinski definition) is 4. The molecule has 2 atom stereocenters. The lowest BCUT2D eigenvalue weighted by Crippen LogP contribution is -2.46. The Morgan fingerprint density at radius 1 is 1.32 bits per heavy atom. The van der Waals surface area contributed by atoms with Crippen molar-refractivity contribution < 1.29 is 9.53 Å². The molecule has 0 saturated carbocycles. The van der Waals surface area contributed by atoms with Gasteiger partial charge in [-0.2, -0.15) is 0 Å². The number of amides is 1. The summed E-state index contributed by atoms with van der Waals surface area (Å²) < 4.78 is 5.31. The third-order valence-electron chi connectivity index (χ3n) is 3.32. The molecule has 1 unspecified atom stereocenters. The van der Waals surface area contributed by atoms with E-state index in [1.165, 1.54) is 0 Å². The van der Waals surface area contributed by atoms with Gasteiger partial charge in [0.15, 0.2) is 0 Å². The van der Waals surface area contributed by atoms with Gasteiger partial charge in [0.2, 0.25) is 5.91 Å². The second-order valence-electron chi connectivity index (χ2n) is 5.53. The number of hydrogen-bond donors (Lipinski definition) is 2. The molecule has 0 aromatic heterocycles. The maximum absolute atomic E-state index is 11.7. The number of morpholine rings is 1. The molecule has 1 amide bonds. The maximum atomic E-state index is 11.7. The number of halogens is 1. The number of nitrogens with zero attached hydrogens (tertiary/aromatic N) is 1. The van der Waals surface area contributed by atoms with E-state index in [1.807, 2.05) is 13.8 Å². The fourth-order valence-electron chi connectivity index (χ4n) is 1.98. The number of carbonyl (C=O) groups is 1. The van der Waals surface area contributed by atoms with Crippen molar-refractivity contribution >= 4 is 18.3 Å². The Morgan fingerprint density at radius 2 is 1.89 bits per heavy atom. The molecule has 1 saturated heterocycles. The normalized spacial score (nSPS) is 19.6. The van der Waals surface area contributed by atoms with Crippen LogP contribution in [0.3, 0.4) is 0 Å². The van der Waals surface area contributed by atoms with Crippen LogP contribution >= 0.6 is 12.4 Å². The van der Waals surface area contributed by atoms with E-state index in [0.29, 0.717) is 12.5 Å². The van der Waals surface area contributed by atoms with E-state index in [4.69, 9.17) is 10.5 Å². The predicted octanol–water partition coefficient (Wildman–Crippen LogP) is 0.476. The third-order valence-corrected chi connectivity index (χ3v) is 3.32. The monoisotopic (exact) mass is 293 g/mol. The van der Waals surface area contributed by atoms with Crippen LogP contribution in [0.25, 0.3) is 0 Å². The van der Waals surface area contributed by atoms with Crippen LogP contribution in [-0.4, -0.2) is 56.2 Å². The van der Waals surface area contributed by atoms with Crippen LogP contribution in [0, 0.1) is 11.8 Å². The van der Waals surface area contributed by atoms with Gasteiger partial charge in [0, 0.05) is 26.2 Å². The van der Waals surface area contributed by atoms with Crippen molar-refractivity contribution in [2.24, 2.45) is 17.6 Å². The van der Waals surface area contributed by atoms with Crippen molar-refractivity contribution in [1.82, 2.24) is 10.2 Å². The van der Waals surface area contributed by atoms with Gasteiger partial charge in [-0.15, -0.1) is 12.4 Å². The lowest BCUT2D eigenvalue weighted by molar-refractivity contribution is -0.123. The summed E-state index contributed by atoms with van der Waals surface area (Å²) in [5.74, 6) is 0.574. The summed E-state index contributed by atoms with van der Waals surface area (Å²) in [7, 11) is 0. The van der Waals surface area contributed by atoms with Crippen LogP contribution in [-0.2, 0) is 9.53 Å². The summed E-state index contributed by atoms with van der Waals surface area (Å²) in [6.07, 6.45) is 0. The number of rotatable bonds is 6. The number of nitrogens with two attached hydrogens (primary N) is 1. The fourth-order valence-corrected chi connectivity index (χ4v) is 1.98. The Bertz CT molecular complexity index is 258. The zero-order chi connectivity index (χ0) is 13.5. The molecular weight excluding hydrogens is 266 g/mol. The molecule has 1 heterocycles. The molecular formula is C13H28ClN3O2. The second kappa shape index (κ2) is 9.53. The highest BCUT2D eigenvalue weighted by molar-refractivity contribution is 5.85. The summed E-state index contributed by atoms with van der Waals surface area (Å²) in [4.78, 5) is 14.1. The van der Waals surface area contributed by atoms with E-state index in [0.717, 1.165) is 32.8 Å². The van der Waals surface area contributed by atoms with Gasteiger partial charge in [0.1, 0.15) is 0 Å². The Balaban J connectivity index is 0.00000324. The Hall–Kier alpha value is -0.360. The van der Waals surface area contributed by atoms with Crippen molar-refractivity contribution in [3.8, 4) is 0 Å². The quantitative estimate of drug-likeness (QED) is 0.747. The van der Waals surface area contributed by atoms with Crippen LogP contribution in [0.5, 0.6) is 0 Å². The highest BCUT2D eigenvalue weighted by Gasteiger charge is 2.18. The second-order valence-corrected chi connectivity index (χ2v) is 5.53. The fraction of sp³-hybridized carbons (Fsp3) is 0.923. The number of ether oxygens (including phenoxy) is 1. The maximum Gasteiger partial charge on any atom is 0.237 e. The van der Waals surface area contributed by atoms with E-state index in [9.17, 15) is 4.79 Å². The first-order valence-corrected chi connectivity index (χ1v) is 6.84. The molecule has 1 fully saturated rings. The Labute approximate surface area is 122 Å². The van der Waals surface area contributed by atoms with Gasteiger partial charge in [0.05, 0.1) is 19.3 Å². The van der Waals surface area contributed by atoms with E-state index in [1.54, 1.807) is 0 Å². The number of carbonyl (C=O) groups excluding carboxylic acids is 1. The highest BCUT2D eigenvalue weighted by atomic mass is 35.5. The van der Waals surface area contributed by atoms with Crippen molar-refractivity contribution in [1.29, 1.82) is 0 Å². The molecule has 5 nitrogen and oxygen atoms in total. The summed E-state index contributed by atoms with van der Waals surface area (Å²) in [5, 5.41) is 2.93. The third kappa shape index (κ3) is 7.11. The van der Waals surface area contributed by atoms with Gasteiger partial charge in [-0.05, 0) is 11.8 Å². The summed E-state index contributed by atoms with van der Waals surface area (Å²) in [6, 6.07) is -0.402. The van der Waals surface area contributed by atoms with Crippen LogP contribution in [0.1, 0.15) is 20.8 Å². The number of nitrogens with one attached hydrogen (secondary N) is 1. The predicted molar refractivity (Wildman–Crippen MR) is 79.5 cm³/mol. The Kier molecular flexibility index (Phi) is 9.35. The molecule has 0 radical (unpaired) electrons. The molecule has 0 aromatic rings. The van der Waals surface area contributed by atoms with Gasteiger partial charge in [-0.3, -0.25) is 9.69 Å². The van der Waals surface area contributed by atoms with E-state index in [2.05, 4.69) is 17.1 Å². The van der Waals surface area contributed by atoms with E-state index in [-0.39, 0.29) is 24.2 Å². The van der Waals surface area contributed by atoms with Crippen LogP contribution < -0.4 is 11.1 Å². The molecule has 0 bridgehead atoms. The summed E-state index contributed by atoms with van der Waals surface area (Å²) in [5.41, 5.74) is 5.79. The first kappa shape index (κ1) is 18.6. The average molecular weight is 294 g/mol. The average Bonchev–Trinajstić information content (AvgIpc) is 2.36. The largest absolute Gasteiger partial charge is 0.379 e. The molecule has 19 heavy (non-hydrogen) atoms. The molecule has 0 aliphatic carbocycles. The minimum atomic E-state index is -0.402. The van der Waals surface area contributed by atoms with Gasteiger partial charge in [-0.1, -0.05) is 20.8 Å². The minimum Gasteiger partial charge on any atom is -0.379 e. The van der Waals surface area contributed by atoms with Crippen molar-refractivity contribution in [3.63, 3.8) is 0 Å². The van der Waals surface area contributed by atoms with Crippen LogP contribution in [0.15, 0.2) is 0 Å². The highest BCUT2D eigenvalue weighted by Crippen LogP contribution is 2.03. The topological polar surface area (TPSA) is 67.6 Å². The van der Waals surface area contributed by atoms with E-state index < -0.39 is 6.04 Å². The summed E-state index contributed by atoms with van der Waals surface area (Å²) >= 11 is 0. The SMILES string of the molecule is CC(CNC(=O)[C@@H](N)C(C)C)CN1CCOCC1.Cl. The zero-order valence-corrected chi connectivity index (χ0v) is 13.0. The molecule has 1 aliphatic rings. The molecule has 114 valence electrons. The van der Waals surface area contributed by atoms with Crippen molar-refractivity contribution in [2.45, 2.75) is 26.8 Å². The first-order valence-electron chi connectivity index (χ1n) is 6.84. The van der Waals surface area contributed by atoms with Gasteiger partial charge in [0.25, 0.3) is 0 Å². The van der Waals surface area contributed by atoms with Crippen LogP contribution in [0.2, 0.25) is 0 Å². The molecule has 6 heteroatoms. The lowest BCUT2D eigenvalue weighted by Gasteiger charge is -2.29. The van der Waals surface area contributed by atoms with Gasteiger partial charge >= 0.3 is 0 Å².